The van der Waals surface area contributed by atoms with Gasteiger partial charge in [0.15, 0.2) is 11.5 Å². The van der Waals surface area contributed by atoms with E-state index in [-0.39, 0.29) is 29.3 Å². The van der Waals surface area contributed by atoms with E-state index in [1.54, 1.807) is 56.9 Å². The first-order valence-electron chi connectivity index (χ1n) is 12.2. The van der Waals surface area contributed by atoms with Crippen LogP contribution in [0.25, 0.3) is 11.3 Å². The summed E-state index contributed by atoms with van der Waals surface area (Å²) in [7, 11) is 0. The fraction of sp³-hybridized carbons (Fsp3) is 0.321. The Morgan fingerprint density at radius 3 is 2.37 bits per heavy atom. The maximum absolute atomic E-state index is 12.1. The van der Waals surface area contributed by atoms with E-state index in [0.29, 0.717) is 16.5 Å². The number of nitrogens with two attached hydrogens (primary N) is 1. The number of anilines is 1. The molecule has 0 aliphatic heterocycles. The molecule has 0 spiro atoms. The molecule has 1 heterocycles. The van der Waals surface area contributed by atoms with Crippen LogP contribution in [0.4, 0.5) is 10.6 Å². The van der Waals surface area contributed by atoms with E-state index < -0.39 is 11.7 Å². The number of hydrogen-bond acceptors (Lipinski definition) is 9. The fourth-order valence-electron chi connectivity index (χ4n) is 3.41. The molecule has 0 fully saturated rings. The average molecular weight is 535 g/mol. The number of thioether (sulfide) groups is 1. The second kappa shape index (κ2) is 12.1. The quantitative estimate of drug-likeness (QED) is 0.161. The summed E-state index contributed by atoms with van der Waals surface area (Å²) in [4.78, 5) is 21.9. The summed E-state index contributed by atoms with van der Waals surface area (Å²) in [6, 6.07) is 14.5. The number of amides is 1. The van der Waals surface area contributed by atoms with Crippen LogP contribution in [-0.4, -0.2) is 38.7 Å². The van der Waals surface area contributed by atoms with Gasteiger partial charge in [0, 0.05) is 21.3 Å². The molecule has 1 aromatic heterocycles. The SMILES string of the molecule is CC(C)Sc1ccc(-c2cnc(N)c(C(=N)OC(=N)c3cccc(C(C)NC(=O)OC(C)(C)C)c3)n2)cc1. The number of rotatable bonds is 7. The maximum Gasteiger partial charge on any atom is 0.408 e. The molecule has 200 valence electrons. The van der Waals surface area contributed by atoms with Crippen molar-refractivity contribution in [2.24, 2.45) is 0 Å². The van der Waals surface area contributed by atoms with Crippen molar-refractivity contribution in [3.05, 3.63) is 71.5 Å². The van der Waals surface area contributed by atoms with Crippen LogP contribution in [0.5, 0.6) is 0 Å². The Morgan fingerprint density at radius 2 is 1.74 bits per heavy atom. The minimum Gasteiger partial charge on any atom is -0.444 e. The Kier molecular flexibility index (Phi) is 9.11. The lowest BCUT2D eigenvalue weighted by atomic mass is 10.1. The van der Waals surface area contributed by atoms with E-state index in [2.05, 4.69) is 29.1 Å². The third-order valence-corrected chi connectivity index (χ3v) is 6.14. The summed E-state index contributed by atoms with van der Waals surface area (Å²) in [5.74, 6) is -0.621. The minimum absolute atomic E-state index is 0.0301. The molecule has 1 amide bonds. The smallest absolute Gasteiger partial charge is 0.408 e. The van der Waals surface area contributed by atoms with Crippen molar-refractivity contribution in [2.75, 3.05) is 5.73 Å². The van der Waals surface area contributed by atoms with Gasteiger partial charge < -0.3 is 20.5 Å². The van der Waals surface area contributed by atoms with Crippen LogP contribution in [0.1, 0.15) is 64.4 Å². The number of carbonyl (C=O) groups excluding carboxylic acids is 1. The molecule has 1 unspecified atom stereocenters. The summed E-state index contributed by atoms with van der Waals surface area (Å²) in [5, 5.41) is 20.1. The number of nitrogen functional groups attached to an aromatic ring is 1. The van der Waals surface area contributed by atoms with Crippen LogP contribution < -0.4 is 11.1 Å². The maximum atomic E-state index is 12.1. The number of nitrogens with one attached hydrogen (secondary N) is 3. The monoisotopic (exact) mass is 534 g/mol. The van der Waals surface area contributed by atoms with E-state index in [4.69, 9.17) is 26.0 Å². The molecule has 3 rings (SSSR count). The number of benzene rings is 2. The van der Waals surface area contributed by atoms with Crippen LogP contribution in [0.3, 0.4) is 0 Å². The summed E-state index contributed by atoms with van der Waals surface area (Å²) in [6.07, 6.45) is 1.01. The molecule has 0 bridgehead atoms. The van der Waals surface area contributed by atoms with E-state index >= 15 is 0 Å². The highest BCUT2D eigenvalue weighted by Gasteiger charge is 2.20. The van der Waals surface area contributed by atoms with Gasteiger partial charge in [0.1, 0.15) is 5.60 Å². The van der Waals surface area contributed by atoms with Crippen LogP contribution >= 0.6 is 11.8 Å². The number of hydrogen-bond donors (Lipinski definition) is 4. The molecule has 0 radical (unpaired) electrons. The zero-order valence-corrected chi connectivity index (χ0v) is 23.3. The van der Waals surface area contributed by atoms with Crippen LogP contribution in [0.2, 0.25) is 0 Å². The van der Waals surface area contributed by atoms with Crippen molar-refractivity contribution in [1.29, 1.82) is 10.8 Å². The van der Waals surface area contributed by atoms with E-state index in [1.165, 1.54) is 0 Å². The Balaban J connectivity index is 1.72. The Bertz CT molecular complexity index is 1320. The molecule has 3 aromatic rings. The number of nitrogens with zero attached hydrogens (tertiary/aromatic N) is 2. The van der Waals surface area contributed by atoms with Gasteiger partial charge in [-0.2, -0.15) is 0 Å². The molecule has 0 aliphatic rings. The zero-order valence-electron chi connectivity index (χ0n) is 22.5. The van der Waals surface area contributed by atoms with Crippen LogP contribution in [-0.2, 0) is 9.47 Å². The lowest BCUT2D eigenvalue weighted by Crippen LogP contribution is -2.34. The molecule has 1 atom stereocenters. The van der Waals surface area contributed by atoms with Gasteiger partial charge in [-0.15, -0.1) is 11.8 Å². The summed E-state index contributed by atoms with van der Waals surface area (Å²) >= 11 is 1.76. The van der Waals surface area contributed by atoms with Gasteiger partial charge in [-0.25, -0.2) is 14.8 Å². The lowest BCUT2D eigenvalue weighted by Gasteiger charge is -2.22. The molecule has 0 aliphatic carbocycles. The average Bonchev–Trinajstić information content (AvgIpc) is 2.83. The molecular weight excluding hydrogens is 500 g/mol. The topological polar surface area (TPSA) is 147 Å². The molecule has 2 aromatic carbocycles. The van der Waals surface area contributed by atoms with Crippen molar-refractivity contribution >= 4 is 35.5 Å². The van der Waals surface area contributed by atoms with Gasteiger partial charge in [0.25, 0.3) is 0 Å². The summed E-state index contributed by atoms with van der Waals surface area (Å²) in [5.41, 5.74) is 7.96. The number of aromatic nitrogens is 2. The van der Waals surface area contributed by atoms with Gasteiger partial charge >= 0.3 is 6.09 Å². The second-order valence-corrected chi connectivity index (χ2v) is 11.6. The molecule has 0 saturated heterocycles. The first-order valence-corrected chi connectivity index (χ1v) is 13.0. The molecule has 0 saturated carbocycles. The molecule has 5 N–H and O–H groups in total. The third-order valence-electron chi connectivity index (χ3n) is 5.12. The van der Waals surface area contributed by atoms with Gasteiger partial charge in [-0.05, 0) is 57.5 Å². The molecule has 10 heteroatoms. The number of carbonyl (C=O) groups is 1. The number of alkyl carbamates (subject to hydrolysis) is 1. The van der Waals surface area contributed by atoms with Gasteiger partial charge in [-0.3, -0.25) is 10.8 Å². The standard InChI is InChI=1S/C28H34N6O3S/c1-16(2)38-21-12-10-18(11-13-21)22-15-32-24(29)23(34-22)26(31)36-25(30)20-9-7-8-19(14-20)17(3)33-27(35)37-28(4,5)6/h7-17,30-31H,1-6H3,(H2,29,32)(H,33,35). The van der Waals surface area contributed by atoms with Crippen molar-refractivity contribution in [1.82, 2.24) is 15.3 Å². The lowest BCUT2D eigenvalue weighted by molar-refractivity contribution is 0.0508. The first-order chi connectivity index (χ1) is 17.8. The van der Waals surface area contributed by atoms with E-state index in [1.807, 2.05) is 37.3 Å². The Morgan fingerprint density at radius 1 is 1.05 bits per heavy atom. The second-order valence-electron chi connectivity index (χ2n) is 9.93. The molecular formula is C28H34N6O3S. The van der Waals surface area contributed by atoms with Gasteiger partial charge in [-0.1, -0.05) is 38.1 Å². The summed E-state index contributed by atoms with van der Waals surface area (Å²) in [6.45, 7) is 11.5. The van der Waals surface area contributed by atoms with Crippen LogP contribution in [0, 0.1) is 10.8 Å². The largest absolute Gasteiger partial charge is 0.444 e. The Labute approximate surface area is 227 Å². The molecule has 38 heavy (non-hydrogen) atoms. The predicted molar refractivity (Wildman–Crippen MR) is 152 cm³/mol. The van der Waals surface area contributed by atoms with Gasteiger partial charge in [0.05, 0.1) is 17.9 Å². The van der Waals surface area contributed by atoms with E-state index in [0.717, 1.165) is 16.0 Å². The van der Waals surface area contributed by atoms with Crippen molar-refractivity contribution in [3.63, 3.8) is 0 Å². The summed E-state index contributed by atoms with van der Waals surface area (Å²) < 4.78 is 10.8. The first kappa shape index (κ1) is 28.6. The van der Waals surface area contributed by atoms with Crippen LogP contribution in [0.15, 0.2) is 59.6 Å². The Hall–Kier alpha value is -3.92. The third kappa shape index (κ3) is 8.04. The van der Waals surface area contributed by atoms with Crippen molar-refractivity contribution in [2.45, 2.75) is 63.3 Å². The highest BCUT2D eigenvalue weighted by atomic mass is 32.2. The highest BCUT2D eigenvalue weighted by molar-refractivity contribution is 7.99. The zero-order chi connectivity index (χ0) is 28.0. The number of ether oxygens (including phenoxy) is 2. The minimum atomic E-state index is -0.611. The van der Waals surface area contributed by atoms with Gasteiger partial charge in [0.2, 0.25) is 11.8 Å². The highest BCUT2D eigenvalue weighted by Crippen LogP contribution is 2.26. The van der Waals surface area contributed by atoms with Crippen molar-refractivity contribution < 1.29 is 14.3 Å². The van der Waals surface area contributed by atoms with E-state index in [9.17, 15) is 4.79 Å². The predicted octanol–water partition coefficient (Wildman–Crippen LogP) is 6.18. The normalized spacial score (nSPS) is 12.1. The molecule has 9 nitrogen and oxygen atoms in total. The fourth-order valence-corrected chi connectivity index (χ4v) is 4.24. The van der Waals surface area contributed by atoms with Crippen molar-refractivity contribution in [3.8, 4) is 11.3 Å².